The second-order valence-electron chi connectivity index (χ2n) is 3.48. The van der Waals surface area contributed by atoms with Crippen molar-refractivity contribution in [2.75, 3.05) is 13.1 Å². The van der Waals surface area contributed by atoms with Crippen LogP contribution >= 0.6 is 11.6 Å². The molecule has 1 aromatic carbocycles. The number of halogens is 4. The van der Waals surface area contributed by atoms with Gasteiger partial charge in [0.25, 0.3) is 5.92 Å². The van der Waals surface area contributed by atoms with Gasteiger partial charge in [-0.15, -0.1) is 0 Å². The predicted octanol–water partition coefficient (Wildman–Crippen LogP) is 3.57. The maximum Gasteiger partial charge on any atom is 0.288 e. The average Bonchev–Trinajstić information content (AvgIpc) is 2.22. The SMILES string of the molecule is CCCNCC(F)(F)c1cccc(Cl)c1F. The van der Waals surface area contributed by atoms with E-state index in [0.717, 1.165) is 12.5 Å². The molecule has 0 saturated heterocycles. The van der Waals surface area contributed by atoms with Crippen molar-refractivity contribution < 1.29 is 13.2 Å². The molecule has 0 amide bonds. The summed E-state index contributed by atoms with van der Waals surface area (Å²) in [5.41, 5.74) is -0.663. The molecular weight excluding hydrogens is 239 g/mol. The molecule has 1 aromatic rings. The van der Waals surface area contributed by atoms with Crippen LogP contribution in [0.15, 0.2) is 18.2 Å². The molecule has 0 saturated carbocycles. The predicted molar refractivity (Wildman–Crippen MR) is 58.5 cm³/mol. The monoisotopic (exact) mass is 251 g/mol. The highest BCUT2D eigenvalue weighted by molar-refractivity contribution is 6.30. The van der Waals surface area contributed by atoms with Crippen molar-refractivity contribution in [1.82, 2.24) is 5.32 Å². The third kappa shape index (κ3) is 3.12. The van der Waals surface area contributed by atoms with Gasteiger partial charge in [-0.25, -0.2) is 4.39 Å². The van der Waals surface area contributed by atoms with E-state index in [1.807, 2.05) is 6.92 Å². The fourth-order valence-electron chi connectivity index (χ4n) is 1.30. The van der Waals surface area contributed by atoms with Crippen molar-refractivity contribution in [3.05, 3.63) is 34.6 Å². The van der Waals surface area contributed by atoms with Crippen LogP contribution in [0.5, 0.6) is 0 Å². The van der Waals surface area contributed by atoms with Gasteiger partial charge >= 0.3 is 0 Å². The van der Waals surface area contributed by atoms with Gasteiger partial charge < -0.3 is 5.32 Å². The summed E-state index contributed by atoms with van der Waals surface area (Å²) in [7, 11) is 0. The lowest BCUT2D eigenvalue weighted by Gasteiger charge is -2.18. The maximum absolute atomic E-state index is 13.6. The molecule has 0 bridgehead atoms. The first kappa shape index (κ1) is 13.3. The van der Waals surface area contributed by atoms with E-state index in [1.165, 1.54) is 12.1 Å². The van der Waals surface area contributed by atoms with Crippen LogP contribution in [0.3, 0.4) is 0 Å². The summed E-state index contributed by atoms with van der Waals surface area (Å²) in [6.45, 7) is 1.75. The summed E-state index contributed by atoms with van der Waals surface area (Å²) in [5.74, 6) is -4.29. The van der Waals surface area contributed by atoms with Gasteiger partial charge in [-0.2, -0.15) is 8.78 Å². The van der Waals surface area contributed by atoms with E-state index in [9.17, 15) is 13.2 Å². The Morgan fingerprint density at radius 1 is 1.38 bits per heavy atom. The Morgan fingerprint density at radius 3 is 2.69 bits per heavy atom. The van der Waals surface area contributed by atoms with Crippen LogP contribution in [0, 0.1) is 5.82 Å². The molecule has 5 heteroatoms. The molecule has 1 N–H and O–H groups in total. The summed E-state index contributed by atoms with van der Waals surface area (Å²) >= 11 is 5.45. The first-order chi connectivity index (χ1) is 7.49. The molecule has 1 rings (SSSR count). The van der Waals surface area contributed by atoms with Gasteiger partial charge in [-0.3, -0.25) is 0 Å². The zero-order valence-electron chi connectivity index (χ0n) is 8.87. The minimum absolute atomic E-state index is 0.285. The van der Waals surface area contributed by atoms with Crippen LogP contribution in [-0.2, 0) is 5.92 Å². The van der Waals surface area contributed by atoms with Crippen LogP contribution in [0.4, 0.5) is 13.2 Å². The minimum Gasteiger partial charge on any atom is -0.311 e. The summed E-state index contributed by atoms with van der Waals surface area (Å²) in [6.07, 6.45) is 0.744. The molecule has 90 valence electrons. The van der Waals surface area contributed by atoms with Gasteiger partial charge in [0.05, 0.1) is 17.1 Å². The Bertz CT molecular complexity index is 355. The molecule has 0 atom stereocenters. The number of rotatable bonds is 5. The van der Waals surface area contributed by atoms with Crippen molar-refractivity contribution >= 4 is 11.6 Å². The Hall–Kier alpha value is -0.740. The van der Waals surface area contributed by atoms with E-state index in [2.05, 4.69) is 5.32 Å². The van der Waals surface area contributed by atoms with E-state index >= 15 is 0 Å². The highest BCUT2D eigenvalue weighted by Crippen LogP contribution is 2.32. The molecule has 16 heavy (non-hydrogen) atoms. The molecule has 0 aliphatic heterocycles. The number of nitrogens with one attached hydrogen (secondary N) is 1. The molecule has 0 heterocycles. The molecule has 0 aliphatic rings. The summed E-state index contributed by atoms with van der Waals surface area (Å²) < 4.78 is 40.5. The second kappa shape index (κ2) is 5.55. The van der Waals surface area contributed by atoms with Crippen molar-refractivity contribution in [1.29, 1.82) is 0 Å². The quantitative estimate of drug-likeness (QED) is 0.789. The van der Waals surface area contributed by atoms with Crippen molar-refractivity contribution in [3.63, 3.8) is 0 Å². The lowest BCUT2D eigenvalue weighted by molar-refractivity contribution is -0.00631. The average molecular weight is 252 g/mol. The lowest BCUT2D eigenvalue weighted by Crippen LogP contribution is -2.32. The first-order valence-electron chi connectivity index (χ1n) is 5.02. The highest BCUT2D eigenvalue weighted by atomic mass is 35.5. The largest absolute Gasteiger partial charge is 0.311 e. The Kier molecular flexibility index (Phi) is 4.62. The molecule has 0 radical (unpaired) electrons. The summed E-state index contributed by atoms with van der Waals surface area (Å²) in [6, 6.07) is 3.61. The van der Waals surface area contributed by atoms with Gasteiger partial charge in [-0.05, 0) is 25.1 Å². The standard InChI is InChI=1S/C11H13ClF3N/c1-2-6-16-7-11(14,15)8-4-3-5-9(12)10(8)13/h3-5,16H,2,6-7H2,1H3. The van der Waals surface area contributed by atoms with Crippen LogP contribution in [0.1, 0.15) is 18.9 Å². The van der Waals surface area contributed by atoms with E-state index in [1.54, 1.807) is 0 Å². The smallest absolute Gasteiger partial charge is 0.288 e. The Labute approximate surface area is 97.6 Å². The van der Waals surface area contributed by atoms with Crippen molar-refractivity contribution in [3.8, 4) is 0 Å². The first-order valence-corrected chi connectivity index (χ1v) is 5.40. The number of hydrogen-bond acceptors (Lipinski definition) is 1. The molecule has 0 spiro atoms. The van der Waals surface area contributed by atoms with Crippen LogP contribution in [0.25, 0.3) is 0 Å². The lowest BCUT2D eigenvalue weighted by atomic mass is 10.1. The third-order valence-corrected chi connectivity index (χ3v) is 2.41. The third-order valence-electron chi connectivity index (χ3n) is 2.12. The van der Waals surface area contributed by atoms with Crippen molar-refractivity contribution in [2.24, 2.45) is 0 Å². The molecule has 1 nitrogen and oxygen atoms in total. The number of hydrogen-bond donors (Lipinski definition) is 1. The van der Waals surface area contributed by atoms with Crippen LogP contribution in [0.2, 0.25) is 5.02 Å². The van der Waals surface area contributed by atoms with E-state index < -0.39 is 23.8 Å². The summed E-state index contributed by atoms with van der Waals surface area (Å²) in [4.78, 5) is 0. The normalized spacial score (nSPS) is 11.8. The molecule has 0 aliphatic carbocycles. The zero-order valence-corrected chi connectivity index (χ0v) is 9.62. The van der Waals surface area contributed by atoms with Gasteiger partial charge in [0.15, 0.2) is 5.82 Å². The van der Waals surface area contributed by atoms with Gasteiger partial charge in [0.2, 0.25) is 0 Å². The molecule has 0 aromatic heterocycles. The fraction of sp³-hybridized carbons (Fsp3) is 0.455. The fourth-order valence-corrected chi connectivity index (χ4v) is 1.48. The molecule has 0 unspecified atom stereocenters. The number of alkyl halides is 2. The van der Waals surface area contributed by atoms with Gasteiger partial charge in [-0.1, -0.05) is 24.6 Å². The minimum atomic E-state index is -3.25. The van der Waals surface area contributed by atoms with E-state index in [-0.39, 0.29) is 5.02 Å². The highest BCUT2D eigenvalue weighted by Gasteiger charge is 2.34. The zero-order chi connectivity index (χ0) is 12.2. The van der Waals surface area contributed by atoms with Crippen LogP contribution < -0.4 is 5.32 Å². The molecule has 0 fully saturated rings. The Balaban J connectivity index is 2.84. The number of benzene rings is 1. The van der Waals surface area contributed by atoms with E-state index in [0.29, 0.717) is 6.54 Å². The second-order valence-corrected chi connectivity index (χ2v) is 3.89. The van der Waals surface area contributed by atoms with Gasteiger partial charge in [0.1, 0.15) is 0 Å². The molecular formula is C11H13ClF3N. The van der Waals surface area contributed by atoms with Crippen LogP contribution in [-0.4, -0.2) is 13.1 Å². The van der Waals surface area contributed by atoms with E-state index in [4.69, 9.17) is 11.6 Å². The Morgan fingerprint density at radius 2 is 2.06 bits per heavy atom. The van der Waals surface area contributed by atoms with Crippen molar-refractivity contribution in [2.45, 2.75) is 19.3 Å². The summed E-state index contributed by atoms with van der Waals surface area (Å²) in [5, 5.41) is 2.28. The maximum atomic E-state index is 13.6. The van der Waals surface area contributed by atoms with Gasteiger partial charge in [0, 0.05) is 0 Å². The topological polar surface area (TPSA) is 12.0 Å².